The van der Waals surface area contributed by atoms with Crippen LogP contribution >= 0.6 is 11.8 Å². The molecule has 138 valence electrons. The van der Waals surface area contributed by atoms with E-state index in [2.05, 4.69) is 40.0 Å². The highest BCUT2D eigenvalue weighted by Gasteiger charge is 2.43. The number of aromatic nitrogens is 4. The minimum absolute atomic E-state index is 0.0157. The SMILES string of the molecule is CCC1C(=O)NC2CC(NC(=O)CSc3nnnn3C)CCC2C1C. The third kappa shape index (κ3) is 3.96. The average molecular weight is 366 g/mol. The Morgan fingerprint density at radius 3 is 2.92 bits per heavy atom. The van der Waals surface area contributed by atoms with E-state index in [9.17, 15) is 9.59 Å². The molecule has 2 heterocycles. The maximum Gasteiger partial charge on any atom is 0.230 e. The van der Waals surface area contributed by atoms with Crippen molar-refractivity contribution in [2.45, 2.75) is 56.8 Å². The van der Waals surface area contributed by atoms with Crippen LogP contribution in [0, 0.1) is 17.8 Å². The summed E-state index contributed by atoms with van der Waals surface area (Å²) in [6.07, 6.45) is 3.73. The lowest BCUT2D eigenvalue weighted by molar-refractivity contribution is -0.133. The Balaban J connectivity index is 1.50. The van der Waals surface area contributed by atoms with Gasteiger partial charge in [0.25, 0.3) is 0 Å². The summed E-state index contributed by atoms with van der Waals surface area (Å²) in [6.45, 7) is 4.28. The smallest absolute Gasteiger partial charge is 0.230 e. The number of aryl methyl sites for hydroxylation is 1. The van der Waals surface area contributed by atoms with Crippen molar-refractivity contribution in [1.82, 2.24) is 30.8 Å². The van der Waals surface area contributed by atoms with Crippen molar-refractivity contribution in [2.24, 2.45) is 24.8 Å². The van der Waals surface area contributed by atoms with Crippen molar-refractivity contribution >= 4 is 23.6 Å². The van der Waals surface area contributed by atoms with Crippen molar-refractivity contribution in [3.05, 3.63) is 0 Å². The largest absolute Gasteiger partial charge is 0.353 e. The number of hydrogen-bond donors (Lipinski definition) is 2. The van der Waals surface area contributed by atoms with Crippen LogP contribution in [-0.2, 0) is 16.6 Å². The molecule has 1 aliphatic heterocycles. The van der Waals surface area contributed by atoms with Crippen molar-refractivity contribution in [2.75, 3.05) is 5.75 Å². The number of piperidine rings is 1. The Kier molecular flexibility index (Phi) is 5.61. The summed E-state index contributed by atoms with van der Waals surface area (Å²) in [5, 5.41) is 18.1. The summed E-state index contributed by atoms with van der Waals surface area (Å²) in [7, 11) is 1.75. The molecule has 9 heteroatoms. The van der Waals surface area contributed by atoms with Gasteiger partial charge in [-0.1, -0.05) is 25.6 Å². The first-order valence-corrected chi connectivity index (χ1v) is 9.93. The standard InChI is InChI=1S/C16H26N6O2S/c1-4-11-9(2)12-6-5-10(7-13(12)18-15(11)24)17-14(23)8-25-16-19-20-21-22(16)3/h9-13H,4-8H2,1-3H3,(H,17,23)(H,18,24). The molecule has 2 amide bonds. The zero-order chi connectivity index (χ0) is 18.0. The second kappa shape index (κ2) is 7.72. The fourth-order valence-electron chi connectivity index (χ4n) is 4.25. The van der Waals surface area contributed by atoms with Crippen LogP contribution in [0.2, 0.25) is 0 Å². The second-order valence-electron chi connectivity index (χ2n) is 7.10. The Hall–Kier alpha value is -1.64. The Morgan fingerprint density at radius 2 is 2.24 bits per heavy atom. The highest BCUT2D eigenvalue weighted by molar-refractivity contribution is 7.99. The molecule has 3 rings (SSSR count). The van der Waals surface area contributed by atoms with Gasteiger partial charge in [-0.05, 0) is 47.9 Å². The van der Waals surface area contributed by atoms with Gasteiger partial charge in [0.2, 0.25) is 17.0 Å². The van der Waals surface area contributed by atoms with E-state index >= 15 is 0 Å². The van der Waals surface area contributed by atoms with Crippen molar-refractivity contribution < 1.29 is 9.59 Å². The lowest BCUT2D eigenvalue weighted by Crippen LogP contribution is -2.58. The molecule has 1 saturated heterocycles. The maximum absolute atomic E-state index is 12.3. The molecule has 5 unspecified atom stereocenters. The third-order valence-electron chi connectivity index (χ3n) is 5.60. The summed E-state index contributed by atoms with van der Waals surface area (Å²) >= 11 is 1.32. The van der Waals surface area contributed by atoms with Crippen LogP contribution in [0.25, 0.3) is 0 Å². The zero-order valence-corrected chi connectivity index (χ0v) is 15.8. The minimum Gasteiger partial charge on any atom is -0.353 e. The van der Waals surface area contributed by atoms with Crippen LogP contribution in [0.3, 0.4) is 0 Å². The molecule has 2 N–H and O–H groups in total. The summed E-state index contributed by atoms with van der Waals surface area (Å²) < 4.78 is 1.55. The summed E-state index contributed by atoms with van der Waals surface area (Å²) in [5.74, 6) is 1.52. The van der Waals surface area contributed by atoms with Crippen LogP contribution in [0.4, 0.5) is 0 Å². The van der Waals surface area contributed by atoms with E-state index in [4.69, 9.17) is 0 Å². The predicted molar refractivity (Wildman–Crippen MR) is 93.7 cm³/mol. The average Bonchev–Trinajstić information content (AvgIpc) is 2.98. The molecular formula is C16H26N6O2S. The van der Waals surface area contributed by atoms with Gasteiger partial charge in [0.1, 0.15) is 0 Å². The fourth-order valence-corrected chi connectivity index (χ4v) is 4.91. The van der Waals surface area contributed by atoms with Crippen LogP contribution < -0.4 is 10.6 Å². The van der Waals surface area contributed by atoms with E-state index in [0.29, 0.717) is 22.7 Å². The van der Waals surface area contributed by atoms with Gasteiger partial charge < -0.3 is 10.6 Å². The van der Waals surface area contributed by atoms with Gasteiger partial charge >= 0.3 is 0 Å². The molecule has 8 nitrogen and oxygen atoms in total. The quantitative estimate of drug-likeness (QED) is 0.746. The number of fused-ring (bicyclic) bond motifs is 1. The first-order valence-electron chi connectivity index (χ1n) is 8.94. The van der Waals surface area contributed by atoms with E-state index in [1.54, 1.807) is 11.7 Å². The number of tetrazole rings is 1. The van der Waals surface area contributed by atoms with Gasteiger partial charge in [0.05, 0.1) is 5.75 Å². The topological polar surface area (TPSA) is 102 Å². The van der Waals surface area contributed by atoms with E-state index in [1.807, 2.05) is 0 Å². The number of rotatable bonds is 5. The molecule has 5 atom stereocenters. The van der Waals surface area contributed by atoms with Crippen molar-refractivity contribution in [1.29, 1.82) is 0 Å². The van der Waals surface area contributed by atoms with E-state index in [-0.39, 0.29) is 29.8 Å². The van der Waals surface area contributed by atoms with Gasteiger partial charge in [-0.25, -0.2) is 4.68 Å². The molecule has 0 aromatic carbocycles. The Bertz CT molecular complexity index is 636. The summed E-state index contributed by atoms with van der Waals surface area (Å²) in [5.41, 5.74) is 0. The number of nitrogens with zero attached hydrogens (tertiary/aromatic N) is 4. The summed E-state index contributed by atoms with van der Waals surface area (Å²) in [6, 6.07) is 0.303. The third-order valence-corrected chi connectivity index (χ3v) is 6.61. The first-order chi connectivity index (χ1) is 12.0. The molecule has 25 heavy (non-hydrogen) atoms. The number of carbonyl (C=O) groups excluding carboxylic acids is 2. The van der Waals surface area contributed by atoms with Crippen LogP contribution in [0.5, 0.6) is 0 Å². The van der Waals surface area contributed by atoms with E-state index < -0.39 is 0 Å². The molecule has 0 radical (unpaired) electrons. The van der Waals surface area contributed by atoms with Gasteiger partial charge in [0, 0.05) is 25.0 Å². The molecule has 1 saturated carbocycles. The zero-order valence-electron chi connectivity index (χ0n) is 14.9. The molecule has 2 fully saturated rings. The van der Waals surface area contributed by atoms with Gasteiger partial charge in [0.15, 0.2) is 0 Å². The normalized spacial score (nSPS) is 32.0. The fraction of sp³-hybridized carbons (Fsp3) is 0.812. The first kappa shape index (κ1) is 18.2. The number of thioether (sulfide) groups is 1. The number of nitrogens with one attached hydrogen (secondary N) is 2. The number of hydrogen-bond acceptors (Lipinski definition) is 6. The lowest BCUT2D eigenvalue weighted by atomic mass is 9.67. The molecule has 2 aliphatic rings. The lowest BCUT2D eigenvalue weighted by Gasteiger charge is -2.46. The highest BCUT2D eigenvalue weighted by Crippen LogP contribution is 2.38. The monoisotopic (exact) mass is 366 g/mol. The highest BCUT2D eigenvalue weighted by atomic mass is 32.2. The van der Waals surface area contributed by atoms with Crippen molar-refractivity contribution in [3.8, 4) is 0 Å². The Morgan fingerprint density at radius 1 is 1.44 bits per heavy atom. The van der Waals surface area contributed by atoms with Gasteiger partial charge in [-0.3, -0.25) is 9.59 Å². The second-order valence-corrected chi connectivity index (χ2v) is 8.05. The van der Waals surface area contributed by atoms with E-state index in [1.165, 1.54) is 11.8 Å². The molecule has 1 aromatic heterocycles. The Labute approximate surface area is 151 Å². The van der Waals surface area contributed by atoms with Crippen LogP contribution in [0.15, 0.2) is 5.16 Å². The molecule has 1 aliphatic carbocycles. The van der Waals surface area contributed by atoms with Gasteiger partial charge in [-0.2, -0.15) is 0 Å². The predicted octanol–water partition coefficient (Wildman–Crippen LogP) is 0.748. The molecular weight excluding hydrogens is 340 g/mol. The van der Waals surface area contributed by atoms with Crippen LogP contribution in [-0.4, -0.2) is 49.9 Å². The molecule has 0 bridgehead atoms. The number of amides is 2. The van der Waals surface area contributed by atoms with Crippen molar-refractivity contribution in [3.63, 3.8) is 0 Å². The van der Waals surface area contributed by atoms with E-state index in [0.717, 1.165) is 25.7 Å². The minimum atomic E-state index is -0.0157. The summed E-state index contributed by atoms with van der Waals surface area (Å²) in [4.78, 5) is 24.5. The van der Waals surface area contributed by atoms with Gasteiger partial charge in [-0.15, -0.1) is 5.10 Å². The molecule has 0 spiro atoms. The van der Waals surface area contributed by atoms with Crippen LogP contribution in [0.1, 0.15) is 39.5 Å². The number of carbonyl (C=O) groups is 2. The molecule has 1 aromatic rings. The maximum atomic E-state index is 12.3.